The quantitative estimate of drug-likeness (QED) is 0.841. The van der Waals surface area contributed by atoms with E-state index in [1.807, 2.05) is 0 Å². The summed E-state index contributed by atoms with van der Waals surface area (Å²) in [4.78, 5) is 8.90. The molecule has 3 nitrogen and oxygen atoms in total. The Morgan fingerprint density at radius 1 is 1.43 bits per heavy atom. The maximum atomic E-state index is 12.9. The van der Waals surface area contributed by atoms with Gasteiger partial charge in [-0.05, 0) is 23.3 Å². The predicted octanol–water partition coefficient (Wildman–Crippen LogP) is 3.37. The number of benzene rings is 1. The number of carboxylic acid groups (broad SMARTS) is 1. The maximum Gasteiger partial charge on any atom is 0.490 e. The summed E-state index contributed by atoms with van der Waals surface area (Å²) < 4.78 is 56.9. The van der Waals surface area contributed by atoms with Crippen molar-refractivity contribution < 1.29 is 31.9 Å². The molecule has 0 saturated carbocycles. The van der Waals surface area contributed by atoms with Gasteiger partial charge in [0.05, 0.1) is 6.33 Å². The zero-order chi connectivity index (χ0) is 16.6. The molecule has 21 heavy (non-hydrogen) atoms. The van der Waals surface area contributed by atoms with E-state index >= 15 is 0 Å². The van der Waals surface area contributed by atoms with Crippen LogP contribution in [-0.2, 0) is 4.79 Å². The van der Waals surface area contributed by atoms with Crippen molar-refractivity contribution in [2.45, 2.75) is 19.0 Å². The summed E-state index contributed by atoms with van der Waals surface area (Å²) >= 11 is 0. The Kier molecular flexibility index (Phi) is 7.57. The second kappa shape index (κ2) is 8.35. The molecule has 0 amide bonds. The summed E-state index contributed by atoms with van der Waals surface area (Å²) in [5.74, 6) is -3.25. The molecule has 1 aromatic carbocycles. The normalized spacial score (nSPS) is 13.2. The minimum atomic E-state index is -5.08. The van der Waals surface area contributed by atoms with Crippen LogP contribution in [-0.4, -0.2) is 23.8 Å². The van der Waals surface area contributed by atoms with Crippen molar-refractivity contribution in [1.82, 2.24) is 0 Å². The van der Waals surface area contributed by atoms with Crippen LogP contribution in [0.25, 0.3) is 0 Å². The number of rotatable bonds is 3. The molecule has 0 heterocycles. The Morgan fingerprint density at radius 3 is 2.29 bits per heavy atom. The fraction of sp³-hybridized carbons (Fsp3) is 0.308. The lowest BCUT2D eigenvalue weighted by Crippen LogP contribution is -2.21. The molecule has 1 aromatic rings. The van der Waals surface area contributed by atoms with Gasteiger partial charge in [-0.3, -0.25) is 0 Å². The van der Waals surface area contributed by atoms with E-state index in [9.17, 15) is 22.0 Å². The predicted molar refractivity (Wildman–Crippen MR) is 66.8 cm³/mol. The number of halogens is 5. The molecule has 8 heteroatoms. The highest BCUT2D eigenvalue weighted by molar-refractivity contribution is 5.73. The van der Waals surface area contributed by atoms with Crippen molar-refractivity contribution in [2.24, 2.45) is 5.73 Å². The third-order valence-electron chi connectivity index (χ3n) is 2.52. The highest BCUT2D eigenvalue weighted by atomic mass is 19.4. The van der Waals surface area contributed by atoms with Gasteiger partial charge in [0.1, 0.15) is 5.82 Å². The van der Waals surface area contributed by atoms with Crippen molar-refractivity contribution in [1.29, 1.82) is 0 Å². The molecule has 0 aliphatic rings. The number of carbonyl (C=O) groups is 1. The van der Waals surface area contributed by atoms with Gasteiger partial charge in [-0.25, -0.2) is 13.6 Å². The Hall–Kier alpha value is -1.96. The van der Waals surface area contributed by atoms with E-state index in [1.165, 1.54) is 12.1 Å². The van der Waals surface area contributed by atoms with Gasteiger partial charge in [-0.15, -0.1) is 0 Å². The second-order valence-electron chi connectivity index (χ2n) is 3.97. The van der Waals surface area contributed by atoms with E-state index in [-0.39, 0.29) is 18.3 Å². The zero-order valence-corrected chi connectivity index (χ0v) is 11.0. The summed E-state index contributed by atoms with van der Waals surface area (Å²) in [5.41, 5.74) is 6.56. The van der Waals surface area contributed by atoms with Gasteiger partial charge in [-0.1, -0.05) is 19.1 Å². The summed E-state index contributed by atoms with van der Waals surface area (Å²) in [6, 6.07) is 6.11. The Morgan fingerprint density at radius 2 is 1.95 bits per heavy atom. The molecule has 3 N–H and O–H groups in total. The van der Waals surface area contributed by atoms with E-state index in [0.29, 0.717) is 11.9 Å². The average Bonchev–Trinajstić information content (AvgIpc) is 2.39. The molecule has 0 saturated heterocycles. The number of nitrogens with two attached hydrogens (primary N) is 1. The number of hydrogen-bond donors (Lipinski definition) is 2. The first-order valence-electron chi connectivity index (χ1n) is 5.68. The van der Waals surface area contributed by atoms with Gasteiger partial charge in [0.25, 0.3) is 0 Å². The molecule has 1 atom stereocenters. The van der Waals surface area contributed by atoms with E-state index in [4.69, 9.17) is 15.6 Å². The monoisotopic (exact) mass is 311 g/mol. The summed E-state index contributed by atoms with van der Waals surface area (Å²) in [5, 5.41) is 7.12. The number of aliphatic carboxylic acids is 1. The van der Waals surface area contributed by atoms with Crippen LogP contribution >= 0.6 is 0 Å². The number of carboxylic acids is 1. The first-order chi connectivity index (χ1) is 9.63. The molecular formula is C13H14F5NO2. The van der Waals surface area contributed by atoms with Crippen LogP contribution in [0.15, 0.2) is 36.2 Å². The minimum Gasteiger partial charge on any atom is -0.475 e. The van der Waals surface area contributed by atoms with Crippen LogP contribution in [0.5, 0.6) is 0 Å². The van der Waals surface area contributed by atoms with Gasteiger partial charge in [0.15, 0.2) is 0 Å². The SMILES string of the molecule is CC(/C(=C\F)CN)c1cccc(F)c1.O=C(O)C(F)(F)F. The largest absolute Gasteiger partial charge is 0.490 e. The van der Waals surface area contributed by atoms with E-state index in [0.717, 1.165) is 5.56 Å². The van der Waals surface area contributed by atoms with Crippen LogP contribution < -0.4 is 5.73 Å². The highest BCUT2D eigenvalue weighted by Crippen LogP contribution is 2.23. The van der Waals surface area contributed by atoms with Crippen molar-refractivity contribution in [2.75, 3.05) is 6.54 Å². The van der Waals surface area contributed by atoms with E-state index in [2.05, 4.69) is 0 Å². The summed E-state index contributed by atoms with van der Waals surface area (Å²) in [6.45, 7) is 1.95. The lowest BCUT2D eigenvalue weighted by molar-refractivity contribution is -0.192. The fourth-order valence-corrected chi connectivity index (χ4v) is 1.31. The lowest BCUT2D eigenvalue weighted by atomic mass is 9.94. The first kappa shape index (κ1) is 19.0. The molecule has 0 fully saturated rings. The van der Waals surface area contributed by atoms with Crippen molar-refractivity contribution in [3.05, 3.63) is 47.5 Å². The van der Waals surface area contributed by atoms with Crippen LogP contribution in [0, 0.1) is 5.82 Å². The molecule has 0 aromatic heterocycles. The van der Waals surface area contributed by atoms with Crippen LogP contribution in [0.1, 0.15) is 18.4 Å². The van der Waals surface area contributed by atoms with Crippen molar-refractivity contribution >= 4 is 5.97 Å². The van der Waals surface area contributed by atoms with Crippen LogP contribution in [0.4, 0.5) is 22.0 Å². The molecule has 0 bridgehead atoms. The Bertz CT molecular complexity index is 500. The molecule has 0 spiro atoms. The van der Waals surface area contributed by atoms with Crippen molar-refractivity contribution in [3.8, 4) is 0 Å². The molecule has 118 valence electrons. The van der Waals surface area contributed by atoms with Crippen molar-refractivity contribution in [3.63, 3.8) is 0 Å². The molecule has 0 radical (unpaired) electrons. The summed E-state index contributed by atoms with van der Waals surface area (Å²) in [7, 11) is 0. The Balaban J connectivity index is 0.000000486. The van der Waals surface area contributed by atoms with Gasteiger partial charge in [0.2, 0.25) is 0 Å². The zero-order valence-electron chi connectivity index (χ0n) is 11.0. The third-order valence-corrected chi connectivity index (χ3v) is 2.52. The standard InChI is InChI=1S/C11H13F2N.C2HF3O2/c1-8(10(6-12)7-14)9-3-2-4-11(13)5-9;3-2(4,5)1(6)7/h2-6,8H,7,14H2,1H3;(H,6,7)/b10-6-;. The minimum absolute atomic E-state index is 0.147. The molecular weight excluding hydrogens is 297 g/mol. The van der Waals surface area contributed by atoms with Gasteiger partial charge in [0, 0.05) is 12.5 Å². The number of hydrogen-bond acceptors (Lipinski definition) is 2. The van der Waals surface area contributed by atoms with Gasteiger partial charge >= 0.3 is 12.1 Å². The lowest BCUT2D eigenvalue weighted by Gasteiger charge is -2.13. The second-order valence-corrected chi connectivity index (χ2v) is 3.97. The maximum absolute atomic E-state index is 12.9. The molecule has 0 aliphatic heterocycles. The summed E-state index contributed by atoms with van der Waals surface area (Å²) in [6.07, 6.45) is -4.59. The molecule has 1 rings (SSSR count). The molecule has 0 aliphatic carbocycles. The average molecular weight is 311 g/mol. The molecule has 1 unspecified atom stereocenters. The smallest absolute Gasteiger partial charge is 0.475 e. The van der Waals surface area contributed by atoms with E-state index < -0.39 is 12.1 Å². The number of alkyl halides is 3. The van der Waals surface area contributed by atoms with E-state index in [1.54, 1.807) is 19.1 Å². The third kappa shape index (κ3) is 6.84. The fourth-order valence-electron chi connectivity index (χ4n) is 1.31. The van der Waals surface area contributed by atoms with Crippen LogP contribution in [0.2, 0.25) is 0 Å². The first-order valence-corrected chi connectivity index (χ1v) is 5.68. The Labute approximate surface area is 117 Å². The topological polar surface area (TPSA) is 63.3 Å². The van der Waals surface area contributed by atoms with Gasteiger partial charge in [-0.2, -0.15) is 13.2 Å². The van der Waals surface area contributed by atoms with Crippen LogP contribution in [0.3, 0.4) is 0 Å². The van der Waals surface area contributed by atoms with Gasteiger partial charge < -0.3 is 10.8 Å². The highest BCUT2D eigenvalue weighted by Gasteiger charge is 2.38.